The van der Waals surface area contributed by atoms with Crippen molar-refractivity contribution >= 4 is 29.4 Å². The molecule has 2 amide bonds. The normalized spacial score (nSPS) is 20.6. The number of carboxylic acid groups (broad SMARTS) is 1. The number of carbonyl (C=O) groups is 3. The topological polar surface area (TPSA) is 95.9 Å². The van der Waals surface area contributed by atoms with E-state index in [-0.39, 0.29) is 29.9 Å². The van der Waals surface area contributed by atoms with Gasteiger partial charge >= 0.3 is 5.97 Å². The van der Waals surface area contributed by atoms with Crippen molar-refractivity contribution in [2.24, 2.45) is 5.92 Å². The first-order valence-corrected chi connectivity index (χ1v) is 9.22. The van der Waals surface area contributed by atoms with Crippen LogP contribution in [0.4, 0.5) is 0 Å². The zero-order valence-electron chi connectivity index (χ0n) is 15.6. The third-order valence-electron chi connectivity index (χ3n) is 4.74. The van der Waals surface area contributed by atoms with Crippen molar-refractivity contribution < 1.29 is 24.2 Å². The van der Waals surface area contributed by atoms with Gasteiger partial charge in [0.05, 0.1) is 23.1 Å². The lowest BCUT2D eigenvalue weighted by Crippen LogP contribution is -2.53. The van der Waals surface area contributed by atoms with Gasteiger partial charge < -0.3 is 20.1 Å². The maximum Gasteiger partial charge on any atom is 0.305 e. The molecule has 1 aliphatic rings. The van der Waals surface area contributed by atoms with Crippen LogP contribution in [0.15, 0.2) is 24.3 Å². The maximum absolute atomic E-state index is 13.1. The highest BCUT2D eigenvalue weighted by Gasteiger charge is 2.40. The van der Waals surface area contributed by atoms with Gasteiger partial charge in [0.1, 0.15) is 6.04 Å². The first-order chi connectivity index (χ1) is 12.7. The van der Waals surface area contributed by atoms with E-state index >= 15 is 0 Å². The first-order valence-electron chi connectivity index (χ1n) is 8.85. The monoisotopic (exact) mass is 396 g/mol. The lowest BCUT2D eigenvalue weighted by Gasteiger charge is -2.30. The Morgan fingerprint density at radius 2 is 2.00 bits per heavy atom. The van der Waals surface area contributed by atoms with Gasteiger partial charge in [0, 0.05) is 19.7 Å². The van der Waals surface area contributed by atoms with Gasteiger partial charge in [-0.05, 0) is 24.5 Å². The summed E-state index contributed by atoms with van der Waals surface area (Å²) in [6.45, 7) is 3.95. The van der Waals surface area contributed by atoms with E-state index in [1.165, 1.54) is 12.0 Å². The van der Waals surface area contributed by atoms with Crippen molar-refractivity contribution in [3.05, 3.63) is 34.9 Å². The number of methoxy groups -OCH3 is 1. The standard InChI is InChI=1S/C19H25ClN2O5/c1-11(2)17(21-18(25)14-6-4-5-7-15(14)20)19(26)22-10-13(27-3)8-12(22)9-16(23)24/h4-7,11-13,17H,8-10H2,1-3H3,(H,21,25)(H,23,24). The Balaban J connectivity index is 2.19. The molecule has 1 saturated heterocycles. The molecule has 0 spiro atoms. The lowest BCUT2D eigenvalue weighted by atomic mass is 10.0. The molecular formula is C19H25ClN2O5. The Bertz CT molecular complexity index is 709. The number of carboxylic acids is 1. The van der Waals surface area contributed by atoms with Crippen molar-refractivity contribution in [2.45, 2.75) is 44.9 Å². The van der Waals surface area contributed by atoms with Gasteiger partial charge in [-0.25, -0.2) is 0 Å². The molecule has 1 heterocycles. The minimum Gasteiger partial charge on any atom is -0.481 e. The zero-order chi connectivity index (χ0) is 20.1. The fourth-order valence-corrected chi connectivity index (χ4v) is 3.49. The molecule has 0 radical (unpaired) electrons. The van der Waals surface area contributed by atoms with Crippen molar-refractivity contribution in [3.63, 3.8) is 0 Å². The van der Waals surface area contributed by atoms with Gasteiger partial charge in [-0.2, -0.15) is 0 Å². The summed E-state index contributed by atoms with van der Waals surface area (Å²) in [5, 5.41) is 12.2. The fraction of sp³-hybridized carbons (Fsp3) is 0.526. The van der Waals surface area contributed by atoms with Crippen molar-refractivity contribution in [3.8, 4) is 0 Å². The zero-order valence-corrected chi connectivity index (χ0v) is 16.4. The van der Waals surface area contributed by atoms with Gasteiger partial charge in [-0.15, -0.1) is 0 Å². The number of ether oxygens (including phenoxy) is 1. The van der Waals surface area contributed by atoms with E-state index in [0.717, 1.165) is 0 Å². The number of likely N-dealkylation sites (tertiary alicyclic amines) is 1. The van der Waals surface area contributed by atoms with E-state index in [2.05, 4.69) is 5.32 Å². The summed E-state index contributed by atoms with van der Waals surface area (Å²) < 4.78 is 5.32. The van der Waals surface area contributed by atoms with Crippen molar-refractivity contribution in [1.82, 2.24) is 10.2 Å². The van der Waals surface area contributed by atoms with Crippen LogP contribution in [-0.2, 0) is 14.3 Å². The number of halogens is 1. The van der Waals surface area contributed by atoms with Crippen LogP contribution in [0.3, 0.4) is 0 Å². The highest BCUT2D eigenvalue weighted by atomic mass is 35.5. The van der Waals surface area contributed by atoms with E-state index in [4.69, 9.17) is 21.4 Å². The Morgan fingerprint density at radius 1 is 1.33 bits per heavy atom. The van der Waals surface area contributed by atoms with Crippen LogP contribution >= 0.6 is 11.6 Å². The smallest absolute Gasteiger partial charge is 0.305 e. The summed E-state index contributed by atoms with van der Waals surface area (Å²) >= 11 is 6.07. The van der Waals surface area contributed by atoms with Gasteiger partial charge in [0.25, 0.3) is 5.91 Å². The summed E-state index contributed by atoms with van der Waals surface area (Å²) in [5.74, 6) is -1.91. The molecule has 8 heteroatoms. The molecule has 0 aliphatic carbocycles. The quantitative estimate of drug-likeness (QED) is 0.736. The molecule has 27 heavy (non-hydrogen) atoms. The molecular weight excluding hydrogens is 372 g/mol. The number of carbonyl (C=O) groups excluding carboxylic acids is 2. The maximum atomic E-state index is 13.1. The Hall–Kier alpha value is -2.12. The third kappa shape index (κ3) is 5.20. The van der Waals surface area contributed by atoms with Gasteiger partial charge in [-0.3, -0.25) is 14.4 Å². The summed E-state index contributed by atoms with van der Waals surface area (Å²) in [6.07, 6.45) is 0.0811. The number of nitrogens with one attached hydrogen (secondary N) is 1. The van der Waals surface area contributed by atoms with E-state index < -0.39 is 24.0 Å². The second kappa shape index (κ2) is 9.19. The highest BCUT2D eigenvalue weighted by Crippen LogP contribution is 2.25. The Kier molecular flexibility index (Phi) is 7.21. The number of rotatable bonds is 7. The average Bonchev–Trinajstić information content (AvgIpc) is 3.01. The highest BCUT2D eigenvalue weighted by molar-refractivity contribution is 6.33. The number of benzene rings is 1. The number of hydrogen-bond donors (Lipinski definition) is 2. The molecule has 1 aromatic rings. The average molecular weight is 397 g/mol. The molecule has 0 saturated carbocycles. The van der Waals surface area contributed by atoms with Crippen LogP contribution in [0, 0.1) is 5.92 Å². The molecule has 148 valence electrons. The number of aliphatic carboxylic acids is 1. The Labute approximate surface area is 163 Å². The fourth-order valence-electron chi connectivity index (χ4n) is 3.27. The Morgan fingerprint density at radius 3 is 2.56 bits per heavy atom. The molecule has 7 nitrogen and oxygen atoms in total. The van der Waals surface area contributed by atoms with E-state index in [1.807, 2.05) is 13.8 Å². The molecule has 2 N–H and O–H groups in total. The number of nitrogens with zero attached hydrogens (tertiary/aromatic N) is 1. The lowest BCUT2D eigenvalue weighted by molar-refractivity contribution is -0.140. The van der Waals surface area contributed by atoms with Gasteiger partial charge in [0.15, 0.2) is 0 Å². The summed E-state index contributed by atoms with van der Waals surface area (Å²) in [4.78, 5) is 38.4. The molecule has 1 aliphatic heterocycles. The predicted molar refractivity (Wildman–Crippen MR) is 101 cm³/mol. The van der Waals surface area contributed by atoms with Crippen LogP contribution in [0.1, 0.15) is 37.0 Å². The van der Waals surface area contributed by atoms with Crippen LogP contribution in [-0.4, -0.2) is 59.6 Å². The molecule has 2 rings (SSSR count). The summed E-state index contributed by atoms with van der Waals surface area (Å²) in [6, 6.07) is 5.35. The van der Waals surface area contributed by atoms with E-state index in [1.54, 1.807) is 24.3 Å². The van der Waals surface area contributed by atoms with Crippen molar-refractivity contribution in [2.75, 3.05) is 13.7 Å². The third-order valence-corrected chi connectivity index (χ3v) is 5.07. The SMILES string of the molecule is COC1CC(CC(=O)O)N(C(=O)C(NC(=O)c2ccccc2Cl)C(C)C)C1. The van der Waals surface area contributed by atoms with Crippen LogP contribution in [0.5, 0.6) is 0 Å². The van der Waals surface area contributed by atoms with Crippen LogP contribution in [0.25, 0.3) is 0 Å². The van der Waals surface area contributed by atoms with E-state index in [0.29, 0.717) is 18.0 Å². The van der Waals surface area contributed by atoms with E-state index in [9.17, 15) is 14.4 Å². The summed E-state index contributed by atoms with van der Waals surface area (Å²) in [7, 11) is 1.54. The number of hydrogen-bond acceptors (Lipinski definition) is 4. The molecule has 3 atom stereocenters. The first kappa shape index (κ1) is 21.2. The largest absolute Gasteiger partial charge is 0.481 e. The minimum atomic E-state index is -0.976. The van der Waals surface area contributed by atoms with Crippen LogP contribution < -0.4 is 5.32 Å². The summed E-state index contributed by atoms with van der Waals surface area (Å²) in [5.41, 5.74) is 0.288. The molecule has 1 fully saturated rings. The van der Waals surface area contributed by atoms with Gasteiger partial charge in [0.2, 0.25) is 5.91 Å². The minimum absolute atomic E-state index is 0.158. The second-order valence-electron chi connectivity index (χ2n) is 7.01. The second-order valence-corrected chi connectivity index (χ2v) is 7.42. The van der Waals surface area contributed by atoms with Crippen LogP contribution in [0.2, 0.25) is 5.02 Å². The molecule has 0 aromatic heterocycles. The molecule has 3 unspecified atom stereocenters. The van der Waals surface area contributed by atoms with Crippen molar-refractivity contribution in [1.29, 1.82) is 0 Å². The molecule has 0 bridgehead atoms. The number of amides is 2. The van der Waals surface area contributed by atoms with Gasteiger partial charge in [-0.1, -0.05) is 37.6 Å². The predicted octanol–water partition coefficient (Wildman–Crippen LogP) is 2.19. The molecule has 1 aromatic carbocycles.